The first-order valence-corrected chi connectivity index (χ1v) is 2.57. The van der Waals surface area contributed by atoms with Crippen molar-refractivity contribution in [1.29, 1.82) is 0 Å². The van der Waals surface area contributed by atoms with Crippen molar-refractivity contribution in [3.05, 3.63) is 30.6 Å². The van der Waals surface area contributed by atoms with E-state index < -0.39 is 6.09 Å². The third kappa shape index (κ3) is 17.8. The highest BCUT2D eigenvalue weighted by Crippen LogP contribution is 1.73. The second-order valence-electron chi connectivity index (χ2n) is 1.36. The van der Waals surface area contributed by atoms with Gasteiger partial charge in [-0.3, -0.25) is 9.69 Å². The third-order valence-corrected chi connectivity index (χ3v) is 0.566. The van der Waals surface area contributed by atoms with E-state index in [1.54, 1.807) is 12.4 Å². The Kier molecular flexibility index (Phi) is 9.16. The first-order valence-electron chi connectivity index (χ1n) is 2.57. The molecule has 5 heteroatoms. The largest absolute Gasteiger partial charge is 0.465 e. The zero-order valence-electron chi connectivity index (χ0n) is 5.68. The van der Waals surface area contributed by atoms with Crippen molar-refractivity contribution < 1.29 is 14.6 Å². The van der Waals surface area contributed by atoms with Crippen LogP contribution >= 0.6 is 0 Å². The summed E-state index contributed by atoms with van der Waals surface area (Å²) in [6, 6.07) is 5.72. The molecule has 0 spiro atoms. The van der Waals surface area contributed by atoms with Gasteiger partial charge >= 0.3 is 6.09 Å². The fourth-order valence-electron chi connectivity index (χ4n) is 0.313. The predicted octanol–water partition coefficient (Wildman–Crippen LogP) is 0.857. The molecule has 62 valence electrons. The summed E-state index contributed by atoms with van der Waals surface area (Å²) in [6.07, 6.45) is 2.17. The van der Waals surface area contributed by atoms with E-state index >= 15 is 0 Å². The molecule has 11 heavy (non-hydrogen) atoms. The molecular weight excluding hydrogens is 151 g/mol. The summed E-state index contributed by atoms with van der Waals surface area (Å²) >= 11 is 0. The summed E-state index contributed by atoms with van der Waals surface area (Å²) in [5, 5.41) is 7.19. The molecule has 0 bridgehead atoms. The Morgan fingerprint density at radius 1 is 1.27 bits per heavy atom. The summed E-state index contributed by atoms with van der Waals surface area (Å²) < 4.78 is 0. The minimum atomic E-state index is -1.33. The van der Waals surface area contributed by atoms with Gasteiger partial charge in [0.1, 0.15) is 0 Å². The predicted molar refractivity (Wildman–Crippen MR) is 39.0 cm³/mol. The maximum absolute atomic E-state index is 8.78. The minimum absolute atomic E-state index is 0. The van der Waals surface area contributed by atoms with Gasteiger partial charge in [0.25, 0.3) is 0 Å². The van der Waals surface area contributed by atoms with Gasteiger partial charge in [-0.2, -0.15) is 0 Å². The van der Waals surface area contributed by atoms with Crippen LogP contribution in [0.2, 0.25) is 0 Å². The highest BCUT2D eigenvalue weighted by atomic mass is 19.0. The summed E-state index contributed by atoms with van der Waals surface area (Å²) in [5.41, 5.74) is 4.03. The van der Waals surface area contributed by atoms with Gasteiger partial charge in [-0.05, 0) is 12.1 Å². The highest BCUT2D eigenvalue weighted by Gasteiger charge is 1.65. The molecule has 1 heterocycles. The molecule has 0 saturated heterocycles. The summed E-state index contributed by atoms with van der Waals surface area (Å²) in [7, 11) is 0. The molecule has 0 radical (unpaired) electrons. The van der Waals surface area contributed by atoms with E-state index in [4.69, 9.17) is 9.90 Å². The van der Waals surface area contributed by atoms with Gasteiger partial charge in [0.05, 0.1) is 0 Å². The fourth-order valence-corrected chi connectivity index (χ4v) is 0.313. The van der Waals surface area contributed by atoms with Crippen molar-refractivity contribution in [2.24, 2.45) is 5.73 Å². The van der Waals surface area contributed by atoms with Crippen molar-refractivity contribution in [2.75, 3.05) is 0 Å². The number of hydrogen-bond acceptors (Lipinski definition) is 2. The molecule has 0 aliphatic heterocycles. The van der Waals surface area contributed by atoms with Gasteiger partial charge in [0.15, 0.2) is 0 Å². The van der Waals surface area contributed by atoms with Gasteiger partial charge in [-0.1, -0.05) is 6.07 Å². The zero-order chi connectivity index (χ0) is 7.82. The maximum atomic E-state index is 8.78. The third-order valence-electron chi connectivity index (χ3n) is 0.566. The van der Waals surface area contributed by atoms with E-state index in [1.165, 1.54) is 0 Å². The number of amides is 1. The van der Waals surface area contributed by atoms with Crippen LogP contribution in [0.25, 0.3) is 0 Å². The topological polar surface area (TPSA) is 76.2 Å². The standard InChI is InChI=1S/C5H5N.CH3NO2.FH/c1-2-4-6-5-3-1;2-1(3)4;/h1-5H;2H2,(H,3,4);1H. The molecule has 0 fully saturated rings. The molecule has 1 amide bonds. The monoisotopic (exact) mass is 160 g/mol. The minimum Gasteiger partial charge on any atom is -0.465 e. The van der Waals surface area contributed by atoms with Crippen LogP contribution in [0.4, 0.5) is 9.50 Å². The lowest BCUT2D eigenvalue weighted by molar-refractivity contribution is 0.205. The number of nitrogens with zero attached hydrogens (tertiary/aromatic N) is 1. The molecule has 3 N–H and O–H groups in total. The molecule has 0 aromatic carbocycles. The van der Waals surface area contributed by atoms with Crippen LogP contribution in [0.3, 0.4) is 0 Å². The number of carboxylic acid groups (broad SMARTS) is 1. The second kappa shape index (κ2) is 8.35. The second-order valence-corrected chi connectivity index (χ2v) is 1.36. The van der Waals surface area contributed by atoms with Crippen LogP contribution in [0, 0.1) is 0 Å². The van der Waals surface area contributed by atoms with Crippen molar-refractivity contribution >= 4 is 6.09 Å². The number of halogens is 1. The highest BCUT2D eigenvalue weighted by molar-refractivity contribution is 5.61. The smallest absolute Gasteiger partial charge is 0.402 e. The van der Waals surface area contributed by atoms with Crippen molar-refractivity contribution in [3.8, 4) is 0 Å². The molecular formula is C6H9FN2O2. The molecule has 1 aromatic rings. The Morgan fingerprint density at radius 2 is 1.64 bits per heavy atom. The van der Waals surface area contributed by atoms with E-state index in [0.717, 1.165) is 0 Å². The van der Waals surface area contributed by atoms with E-state index in [9.17, 15) is 0 Å². The van der Waals surface area contributed by atoms with Gasteiger partial charge in [-0.15, -0.1) is 0 Å². The molecule has 1 rings (SSSR count). The summed E-state index contributed by atoms with van der Waals surface area (Å²) in [6.45, 7) is 0. The lowest BCUT2D eigenvalue weighted by Crippen LogP contribution is -2.03. The molecule has 0 aliphatic rings. The average Bonchev–Trinajstić information content (AvgIpc) is 1.90. The van der Waals surface area contributed by atoms with Crippen LogP contribution in [0.15, 0.2) is 30.6 Å². The van der Waals surface area contributed by atoms with E-state index in [-0.39, 0.29) is 4.70 Å². The maximum Gasteiger partial charge on any atom is 0.402 e. The van der Waals surface area contributed by atoms with E-state index in [0.29, 0.717) is 0 Å². The van der Waals surface area contributed by atoms with Gasteiger partial charge < -0.3 is 10.8 Å². The van der Waals surface area contributed by atoms with E-state index in [1.807, 2.05) is 18.2 Å². The van der Waals surface area contributed by atoms with Crippen molar-refractivity contribution in [2.45, 2.75) is 0 Å². The molecule has 4 nitrogen and oxygen atoms in total. The van der Waals surface area contributed by atoms with Gasteiger partial charge in [0, 0.05) is 12.4 Å². The van der Waals surface area contributed by atoms with Crippen molar-refractivity contribution in [1.82, 2.24) is 4.98 Å². The van der Waals surface area contributed by atoms with Crippen LogP contribution in [0.1, 0.15) is 0 Å². The lowest BCUT2D eigenvalue weighted by atomic mass is 10.5. The SMILES string of the molecule is F.NC(=O)O.c1ccncc1. The summed E-state index contributed by atoms with van der Waals surface area (Å²) in [5.74, 6) is 0. The fraction of sp³-hybridized carbons (Fsp3) is 0. The first-order chi connectivity index (χ1) is 4.73. The van der Waals surface area contributed by atoms with Crippen LogP contribution < -0.4 is 5.73 Å². The number of primary amides is 1. The number of aromatic nitrogens is 1. The van der Waals surface area contributed by atoms with Crippen LogP contribution in [0.5, 0.6) is 0 Å². The summed E-state index contributed by atoms with van der Waals surface area (Å²) in [4.78, 5) is 12.6. The quantitative estimate of drug-likeness (QED) is 0.590. The number of nitrogens with two attached hydrogens (primary N) is 1. The number of hydrogen-bond donors (Lipinski definition) is 2. The molecule has 0 unspecified atom stereocenters. The number of pyridine rings is 1. The Morgan fingerprint density at radius 3 is 1.73 bits per heavy atom. The van der Waals surface area contributed by atoms with Gasteiger partial charge in [-0.25, -0.2) is 4.79 Å². The zero-order valence-corrected chi connectivity index (χ0v) is 5.68. The Labute approximate surface area is 63.0 Å². The Hall–Kier alpha value is -1.65. The molecule has 0 aliphatic carbocycles. The Bertz CT molecular complexity index is 150. The first kappa shape index (κ1) is 12.1. The average molecular weight is 160 g/mol. The van der Waals surface area contributed by atoms with E-state index in [2.05, 4.69) is 10.7 Å². The van der Waals surface area contributed by atoms with Crippen LogP contribution in [-0.4, -0.2) is 16.2 Å². The number of carbonyl (C=O) groups is 1. The normalized spacial score (nSPS) is 6.55. The van der Waals surface area contributed by atoms with Crippen LogP contribution in [-0.2, 0) is 0 Å². The number of rotatable bonds is 0. The molecule has 0 saturated carbocycles. The Balaban J connectivity index is 0. The molecule has 0 atom stereocenters. The lowest BCUT2D eigenvalue weighted by Gasteiger charge is -1.70. The van der Waals surface area contributed by atoms with Gasteiger partial charge in [0.2, 0.25) is 0 Å². The molecule has 1 aromatic heterocycles. The van der Waals surface area contributed by atoms with Crippen molar-refractivity contribution in [3.63, 3.8) is 0 Å².